The summed E-state index contributed by atoms with van der Waals surface area (Å²) in [5, 5.41) is 0. The molecule has 0 fully saturated rings. The maximum absolute atomic E-state index is 13.4. The van der Waals surface area contributed by atoms with Gasteiger partial charge in [0.15, 0.2) is 5.78 Å². The fraction of sp³-hybridized carbons (Fsp3) is 0.133. The van der Waals surface area contributed by atoms with Crippen molar-refractivity contribution in [3.05, 3.63) is 63.4 Å². The Labute approximate surface area is 119 Å². The van der Waals surface area contributed by atoms with E-state index in [1.165, 1.54) is 19.2 Å². The molecule has 98 valence electrons. The van der Waals surface area contributed by atoms with Gasteiger partial charge < -0.3 is 4.74 Å². The van der Waals surface area contributed by atoms with Crippen molar-refractivity contribution in [1.82, 2.24) is 0 Å². The van der Waals surface area contributed by atoms with Crippen LogP contribution in [0.5, 0.6) is 5.75 Å². The third-order valence-corrected chi connectivity index (χ3v) is 3.20. The zero-order valence-electron chi connectivity index (χ0n) is 10.5. The van der Waals surface area contributed by atoms with Gasteiger partial charge >= 0.3 is 0 Å². The fourth-order valence-corrected chi connectivity index (χ4v) is 2.24. The van der Waals surface area contributed by atoms with Crippen LogP contribution in [0.2, 0.25) is 0 Å². The van der Waals surface area contributed by atoms with Crippen molar-refractivity contribution in [2.24, 2.45) is 0 Å². The molecule has 2 nitrogen and oxygen atoms in total. The zero-order chi connectivity index (χ0) is 14.0. The van der Waals surface area contributed by atoms with E-state index < -0.39 is 5.82 Å². The standard InChI is InChI=1S/C15H12BrFO2/c1-9-5-10(7-12(17)6-9)15(18)13-8-11(16)3-4-14(13)19-2/h3-8H,1-2H3. The fourth-order valence-electron chi connectivity index (χ4n) is 1.88. The van der Waals surface area contributed by atoms with Gasteiger partial charge in [-0.05, 0) is 48.9 Å². The Balaban J connectivity index is 2.52. The number of ketones is 1. The molecule has 0 radical (unpaired) electrons. The van der Waals surface area contributed by atoms with Crippen LogP contribution >= 0.6 is 15.9 Å². The van der Waals surface area contributed by atoms with Crippen LogP contribution in [0, 0.1) is 12.7 Å². The summed E-state index contributed by atoms with van der Waals surface area (Å²) < 4.78 is 19.3. The summed E-state index contributed by atoms with van der Waals surface area (Å²) >= 11 is 3.31. The number of carbonyl (C=O) groups is 1. The topological polar surface area (TPSA) is 26.3 Å². The van der Waals surface area contributed by atoms with Crippen molar-refractivity contribution in [1.29, 1.82) is 0 Å². The van der Waals surface area contributed by atoms with Gasteiger partial charge in [-0.1, -0.05) is 15.9 Å². The molecule has 0 aliphatic rings. The second-order valence-corrected chi connectivity index (χ2v) is 5.11. The number of carbonyl (C=O) groups excluding carboxylic acids is 1. The van der Waals surface area contributed by atoms with Crippen molar-refractivity contribution < 1.29 is 13.9 Å². The first-order chi connectivity index (χ1) is 9.01. The highest BCUT2D eigenvalue weighted by molar-refractivity contribution is 9.10. The second kappa shape index (κ2) is 5.53. The maximum Gasteiger partial charge on any atom is 0.196 e. The summed E-state index contributed by atoms with van der Waals surface area (Å²) in [6.45, 7) is 1.75. The number of aryl methyl sites for hydroxylation is 1. The molecule has 0 N–H and O–H groups in total. The molecule has 0 bridgehead atoms. The predicted octanol–water partition coefficient (Wildman–Crippen LogP) is 4.14. The molecule has 0 atom stereocenters. The number of halogens is 2. The van der Waals surface area contributed by atoms with E-state index in [0.29, 0.717) is 22.4 Å². The number of benzene rings is 2. The van der Waals surface area contributed by atoms with Crippen molar-refractivity contribution in [2.75, 3.05) is 7.11 Å². The molecule has 2 aromatic carbocycles. The molecule has 0 saturated carbocycles. The summed E-state index contributed by atoms with van der Waals surface area (Å²) in [4.78, 5) is 12.4. The summed E-state index contributed by atoms with van der Waals surface area (Å²) in [6, 6.07) is 9.42. The first-order valence-corrected chi connectivity index (χ1v) is 6.46. The molecule has 0 aliphatic carbocycles. The summed E-state index contributed by atoms with van der Waals surface area (Å²) in [5.74, 6) is -0.215. The lowest BCUT2D eigenvalue weighted by atomic mass is 10.0. The average Bonchev–Trinajstić information content (AvgIpc) is 2.36. The molecular weight excluding hydrogens is 311 g/mol. The van der Waals surface area contributed by atoms with Crippen molar-refractivity contribution in [3.8, 4) is 5.75 Å². The van der Waals surface area contributed by atoms with Gasteiger partial charge in [-0.3, -0.25) is 4.79 Å². The van der Waals surface area contributed by atoms with Crippen LogP contribution in [0.4, 0.5) is 4.39 Å². The van der Waals surface area contributed by atoms with Gasteiger partial charge in [0.05, 0.1) is 12.7 Å². The van der Waals surface area contributed by atoms with Crippen LogP contribution in [-0.2, 0) is 0 Å². The highest BCUT2D eigenvalue weighted by atomic mass is 79.9. The van der Waals surface area contributed by atoms with E-state index in [0.717, 1.165) is 4.47 Å². The molecular formula is C15H12BrFO2. The highest BCUT2D eigenvalue weighted by Gasteiger charge is 2.16. The molecule has 0 spiro atoms. The summed E-state index contributed by atoms with van der Waals surface area (Å²) in [5.41, 5.74) is 1.42. The normalized spacial score (nSPS) is 10.3. The molecule has 2 rings (SSSR count). The molecule has 0 aliphatic heterocycles. The third kappa shape index (κ3) is 3.01. The minimum absolute atomic E-state index is 0.263. The highest BCUT2D eigenvalue weighted by Crippen LogP contribution is 2.26. The number of ether oxygens (including phenoxy) is 1. The Kier molecular flexibility index (Phi) is 4.00. The van der Waals surface area contributed by atoms with Gasteiger partial charge in [-0.2, -0.15) is 0 Å². The molecule has 0 aromatic heterocycles. The van der Waals surface area contributed by atoms with E-state index in [2.05, 4.69) is 15.9 Å². The maximum atomic E-state index is 13.4. The van der Waals surface area contributed by atoms with Crippen LogP contribution in [0.15, 0.2) is 40.9 Å². The van der Waals surface area contributed by atoms with Gasteiger partial charge in [0.2, 0.25) is 0 Å². The first kappa shape index (κ1) is 13.7. The van der Waals surface area contributed by atoms with E-state index in [9.17, 15) is 9.18 Å². The van der Waals surface area contributed by atoms with Crippen molar-refractivity contribution >= 4 is 21.7 Å². The van der Waals surface area contributed by atoms with Crippen LogP contribution in [0.1, 0.15) is 21.5 Å². The van der Waals surface area contributed by atoms with E-state index in [1.807, 2.05) is 0 Å². The van der Waals surface area contributed by atoms with Crippen LogP contribution in [0.3, 0.4) is 0 Å². The largest absolute Gasteiger partial charge is 0.496 e. The number of hydrogen-bond acceptors (Lipinski definition) is 2. The van der Waals surface area contributed by atoms with Gasteiger partial charge in [-0.15, -0.1) is 0 Å². The van der Waals surface area contributed by atoms with Crippen molar-refractivity contribution in [3.63, 3.8) is 0 Å². The summed E-state index contributed by atoms with van der Waals surface area (Å²) in [7, 11) is 1.50. The van der Waals surface area contributed by atoms with E-state index >= 15 is 0 Å². The Bertz CT molecular complexity index is 618. The molecule has 0 unspecified atom stereocenters. The van der Waals surface area contributed by atoms with Crippen LogP contribution in [-0.4, -0.2) is 12.9 Å². The minimum atomic E-state index is -0.419. The molecule has 2 aromatic rings. The Morgan fingerprint density at radius 3 is 2.58 bits per heavy atom. The lowest BCUT2D eigenvalue weighted by Gasteiger charge is -2.09. The Morgan fingerprint density at radius 1 is 1.21 bits per heavy atom. The SMILES string of the molecule is COc1ccc(Br)cc1C(=O)c1cc(C)cc(F)c1. The second-order valence-electron chi connectivity index (χ2n) is 4.19. The van der Waals surface area contributed by atoms with Gasteiger partial charge in [0.25, 0.3) is 0 Å². The quantitative estimate of drug-likeness (QED) is 0.794. The zero-order valence-corrected chi connectivity index (χ0v) is 12.1. The van der Waals surface area contributed by atoms with Gasteiger partial charge in [0, 0.05) is 10.0 Å². The number of methoxy groups -OCH3 is 1. The van der Waals surface area contributed by atoms with E-state index in [4.69, 9.17) is 4.74 Å². The van der Waals surface area contributed by atoms with Crippen LogP contribution in [0.25, 0.3) is 0 Å². The Morgan fingerprint density at radius 2 is 1.95 bits per heavy atom. The van der Waals surface area contributed by atoms with E-state index in [1.54, 1.807) is 31.2 Å². The lowest BCUT2D eigenvalue weighted by molar-refractivity contribution is 0.103. The summed E-state index contributed by atoms with van der Waals surface area (Å²) in [6.07, 6.45) is 0. The number of rotatable bonds is 3. The minimum Gasteiger partial charge on any atom is -0.496 e. The van der Waals surface area contributed by atoms with E-state index in [-0.39, 0.29) is 5.78 Å². The van der Waals surface area contributed by atoms with Crippen LogP contribution < -0.4 is 4.74 Å². The number of hydrogen-bond donors (Lipinski definition) is 0. The smallest absolute Gasteiger partial charge is 0.196 e. The average molecular weight is 323 g/mol. The third-order valence-electron chi connectivity index (χ3n) is 2.71. The predicted molar refractivity (Wildman–Crippen MR) is 75.3 cm³/mol. The monoisotopic (exact) mass is 322 g/mol. The van der Waals surface area contributed by atoms with Gasteiger partial charge in [-0.25, -0.2) is 4.39 Å². The molecule has 0 saturated heterocycles. The molecule has 0 amide bonds. The molecule has 4 heteroatoms. The van der Waals surface area contributed by atoms with Crippen molar-refractivity contribution in [2.45, 2.75) is 6.92 Å². The molecule has 19 heavy (non-hydrogen) atoms. The molecule has 0 heterocycles. The lowest BCUT2D eigenvalue weighted by Crippen LogP contribution is -2.05. The Hall–Kier alpha value is -1.68. The first-order valence-electron chi connectivity index (χ1n) is 5.66. The van der Waals surface area contributed by atoms with Gasteiger partial charge in [0.1, 0.15) is 11.6 Å².